The van der Waals surface area contributed by atoms with Gasteiger partial charge in [-0.2, -0.15) is 18.3 Å². The zero-order valence-corrected chi connectivity index (χ0v) is 20.0. The molecule has 2 aromatic carbocycles. The highest BCUT2D eigenvalue weighted by atomic mass is 19.4. The van der Waals surface area contributed by atoms with E-state index in [4.69, 9.17) is 0 Å². The van der Waals surface area contributed by atoms with E-state index in [1.165, 1.54) is 12.1 Å². The summed E-state index contributed by atoms with van der Waals surface area (Å²) in [6, 6.07) is 10.2. The molecule has 0 radical (unpaired) electrons. The average molecular weight is 511 g/mol. The second-order valence-corrected chi connectivity index (χ2v) is 10.5. The van der Waals surface area contributed by atoms with E-state index in [-0.39, 0.29) is 31.0 Å². The van der Waals surface area contributed by atoms with Gasteiger partial charge in [-0.15, -0.1) is 0 Å². The smallest absolute Gasteiger partial charge is 0.380 e. The Labute approximate surface area is 211 Å². The molecule has 1 saturated carbocycles. The molecule has 0 aliphatic heterocycles. The monoisotopic (exact) mass is 510 g/mol. The number of benzene rings is 2. The molecule has 4 aromatic rings. The van der Waals surface area contributed by atoms with Gasteiger partial charge < -0.3 is 5.11 Å². The Kier molecular flexibility index (Phi) is 5.60. The summed E-state index contributed by atoms with van der Waals surface area (Å²) >= 11 is 0. The minimum Gasteiger partial charge on any atom is -0.380 e. The van der Waals surface area contributed by atoms with Crippen molar-refractivity contribution in [1.29, 1.82) is 0 Å². The number of aryl methyl sites for hydroxylation is 1. The van der Waals surface area contributed by atoms with Crippen molar-refractivity contribution in [3.8, 4) is 5.69 Å². The Morgan fingerprint density at radius 2 is 1.86 bits per heavy atom. The van der Waals surface area contributed by atoms with Crippen LogP contribution in [0.25, 0.3) is 16.6 Å². The molecule has 5 nitrogen and oxygen atoms in total. The van der Waals surface area contributed by atoms with Crippen molar-refractivity contribution in [2.24, 2.45) is 5.92 Å². The number of aliphatic hydroxyl groups is 1. The molecule has 192 valence electrons. The number of aromatic nitrogens is 4. The lowest BCUT2D eigenvalue weighted by atomic mass is 9.56. The van der Waals surface area contributed by atoms with Crippen LogP contribution in [0.4, 0.5) is 17.6 Å². The fraction of sp³-hybridized carbons (Fsp3) is 0.393. The normalized spacial score (nSPS) is 25.9. The summed E-state index contributed by atoms with van der Waals surface area (Å²) in [5.41, 5.74) is 1.08. The van der Waals surface area contributed by atoms with Gasteiger partial charge in [-0.25, -0.2) is 9.07 Å². The third kappa shape index (κ3) is 4.00. The molecule has 6 rings (SSSR count). The standard InChI is InChI=1S/C28H26F4N4O/c29-21-4-6-23(7-5-21)36-25-13-18-2-1-3-20-14-27(37,28(30,31)32)9-8-26(20,15-22-17-33-10-11-34-22)24(18)12-19(25)16-35-36/h4-7,10-13,16-17,20,37H,1-3,8-9,14-15H2/t20-,26-,27-/m1/s1. The molecule has 1 fully saturated rings. The first kappa shape index (κ1) is 24.0. The van der Waals surface area contributed by atoms with Gasteiger partial charge in [0.25, 0.3) is 0 Å². The van der Waals surface area contributed by atoms with E-state index >= 15 is 0 Å². The molecule has 37 heavy (non-hydrogen) atoms. The summed E-state index contributed by atoms with van der Waals surface area (Å²) in [7, 11) is 0. The summed E-state index contributed by atoms with van der Waals surface area (Å²) in [5.74, 6) is -0.706. The van der Waals surface area contributed by atoms with Gasteiger partial charge in [-0.05, 0) is 92.0 Å². The lowest BCUT2D eigenvalue weighted by molar-refractivity contribution is -0.279. The van der Waals surface area contributed by atoms with Gasteiger partial charge >= 0.3 is 6.18 Å². The van der Waals surface area contributed by atoms with Gasteiger partial charge in [-0.1, -0.05) is 0 Å². The van der Waals surface area contributed by atoms with Crippen LogP contribution >= 0.6 is 0 Å². The van der Waals surface area contributed by atoms with Gasteiger partial charge in [0, 0.05) is 35.8 Å². The molecule has 0 unspecified atom stereocenters. The molecule has 2 aliphatic rings. The highest BCUT2D eigenvalue weighted by Crippen LogP contribution is 2.56. The minimum atomic E-state index is -4.68. The van der Waals surface area contributed by atoms with Crippen molar-refractivity contribution in [1.82, 2.24) is 19.7 Å². The van der Waals surface area contributed by atoms with Gasteiger partial charge in [0.15, 0.2) is 5.60 Å². The van der Waals surface area contributed by atoms with Crippen molar-refractivity contribution in [2.75, 3.05) is 0 Å². The second kappa shape index (κ2) is 8.62. The molecular weight excluding hydrogens is 484 g/mol. The maximum atomic E-state index is 13.9. The summed E-state index contributed by atoms with van der Waals surface area (Å²) in [6.07, 6.45) is 3.86. The van der Waals surface area contributed by atoms with E-state index in [0.29, 0.717) is 25.7 Å². The third-order valence-electron chi connectivity index (χ3n) is 8.39. The van der Waals surface area contributed by atoms with Gasteiger partial charge in [0.2, 0.25) is 0 Å². The van der Waals surface area contributed by atoms with Crippen LogP contribution < -0.4 is 0 Å². The number of nitrogens with zero attached hydrogens (tertiary/aromatic N) is 4. The van der Waals surface area contributed by atoms with Gasteiger partial charge in [0.05, 0.1) is 23.1 Å². The zero-order valence-electron chi connectivity index (χ0n) is 20.0. The number of rotatable bonds is 3. The number of halogens is 4. The Balaban J connectivity index is 1.50. The second-order valence-electron chi connectivity index (χ2n) is 10.5. The number of hydrogen-bond donors (Lipinski definition) is 1. The number of hydrogen-bond acceptors (Lipinski definition) is 4. The fourth-order valence-corrected chi connectivity index (χ4v) is 6.52. The molecule has 0 amide bonds. The Morgan fingerprint density at radius 1 is 1.05 bits per heavy atom. The molecule has 3 atom stereocenters. The van der Waals surface area contributed by atoms with Crippen molar-refractivity contribution < 1.29 is 22.7 Å². The van der Waals surface area contributed by atoms with Crippen LogP contribution in [-0.2, 0) is 18.3 Å². The van der Waals surface area contributed by atoms with Crippen LogP contribution in [0.2, 0.25) is 0 Å². The zero-order chi connectivity index (χ0) is 25.8. The highest BCUT2D eigenvalue weighted by molar-refractivity contribution is 5.82. The quantitative estimate of drug-likeness (QED) is 0.351. The maximum Gasteiger partial charge on any atom is 0.417 e. The highest BCUT2D eigenvalue weighted by Gasteiger charge is 2.61. The van der Waals surface area contributed by atoms with Crippen molar-refractivity contribution >= 4 is 10.9 Å². The molecule has 2 heterocycles. The van der Waals surface area contributed by atoms with E-state index in [0.717, 1.165) is 33.4 Å². The Hall–Kier alpha value is -3.33. The predicted octanol–water partition coefficient (Wildman–Crippen LogP) is 5.86. The summed E-state index contributed by atoms with van der Waals surface area (Å²) in [4.78, 5) is 8.66. The molecule has 2 aromatic heterocycles. The van der Waals surface area contributed by atoms with E-state index in [2.05, 4.69) is 27.2 Å². The first-order chi connectivity index (χ1) is 17.7. The van der Waals surface area contributed by atoms with Crippen molar-refractivity contribution in [2.45, 2.75) is 62.1 Å². The number of alkyl halides is 3. The number of fused-ring (bicyclic) bond motifs is 4. The molecule has 0 spiro atoms. The van der Waals surface area contributed by atoms with E-state index in [1.54, 1.807) is 41.6 Å². The largest absolute Gasteiger partial charge is 0.417 e. The van der Waals surface area contributed by atoms with E-state index in [9.17, 15) is 22.7 Å². The van der Waals surface area contributed by atoms with Gasteiger partial charge in [-0.3, -0.25) is 9.97 Å². The van der Waals surface area contributed by atoms with E-state index < -0.39 is 17.2 Å². The Bertz CT molecular complexity index is 1440. The molecular formula is C28H26F4N4O. The van der Waals surface area contributed by atoms with Crippen molar-refractivity contribution in [3.05, 3.63) is 83.8 Å². The van der Waals surface area contributed by atoms with Crippen LogP contribution in [0.3, 0.4) is 0 Å². The SMILES string of the molecule is O[C@]1(C(F)(F)F)CC[C@]2(Cc3cnccn3)c3cc4cnn(-c5ccc(F)cc5)c4cc3CCC[C@@H]2C1. The molecule has 1 N–H and O–H groups in total. The first-order valence-corrected chi connectivity index (χ1v) is 12.5. The molecule has 2 aliphatic carbocycles. The minimum absolute atomic E-state index is 0.189. The van der Waals surface area contributed by atoms with Crippen LogP contribution in [0.5, 0.6) is 0 Å². The van der Waals surface area contributed by atoms with Crippen LogP contribution in [0, 0.1) is 11.7 Å². The fourth-order valence-electron chi connectivity index (χ4n) is 6.52. The van der Waals surface area contributed by atoms with Crippen LogP contribution in [0.15, 0.2) is 61.2 Å². The van der Waals surface area contributed by atoms with Crippen molar-refractivity contribution in [3.63, 3.8) is 0 Å². The Morgan fingerprint density at radius 3 is 2.59 bits per heavy atom. The van der Waals surface area contributed by atoms with Gasteiger partial charge in [0.1, 0.15) is 5.82 Å². The topological polar surface area (TPSA) is 63.8 Å². The van der Waals surface area contributed by atoms with Crippen LogP contribution in [-0.4, -0.2) is 36.6 Å². The lowest BCUT2D eigenvalue weighted by Crippen LogP contribution is -2.55. The molecule has 0 bridgehead atoms. The lowest BCUT2D eigenvalue weighted by Gasteiger charge is -2.50. The van der Waals surface area contributed by atoms with Crippen LogP contribution in [0.1, 0.15) is 48.9 Å². The summed E-state index contributed by atoms with van der Waals surface area (Å²) in [5, 5.41) is 16.1. The summed E-state index contributed by atoms with van der Waals surface area (Å²) in [6.45, 7) is 0. The first-order valence-electron chi connectivity index (χ1n) is 12.5. The summed E-state index contributed by atoms with van der Waals surface area (Å²) < 4.78 is 57.0. The third-order valence-corrected chi connectivity index (χ3v) is 8.39. The molecule has 0 saturated heterocycles. The molecule has 9 heteroatoms. The maximum absolute atomic E-state index is 13.9. The average Bonchev–Trinajstić information content (AvgIpc) is 3.22. The van der Waals surface area contributed by atoms with E-state index in [1.807, 2.05) is 0 Å². The predicted molar refractivity (Wildman–Crippen MR) is 130 cm³/mol.